The molecule has 4 aromatic rings. The van der Waals surface area contributed by atoms with Gasteiger partial charge in [-0.15, -0.1) is 0 Å². The Balaban J connectivity index is 1.87. The molecule has 0 radical (unpaired) electrons. The van der Waals surface area contributed by atoms with Crippen molar-refractivity contribution in [2.45, 2.75) is 6.92 Å². The topological polar surface area (TPSA) is 49.2 Å². The summed E-state index contributed by atoms with van der Waals surface area (Å²) in [4.78, 5) is 9.06. The molecule has 0 fully saturated rings. The lowest BCUT2D eigenvalue weighted by Crippen LogP contribution is -1.96. The SMILES string of the molecule is COc1ccc(-n2cnc3cnc(-c4ccccc4C)cc32)cc1OC. The van der Waals surface area contributed by atoms with Gasteiger partial charge >= 0.3 is 0 Å². The number of aromatic nitrogens is 3. The number of aryl methyl sites for hydroxylation is 1. The van der Waals surface area contributed by atoms with Crippen LogP contribution >= 0.6 is 0 Å². The highest BCUT2D eigenvalue weighted by Gasteiger charge is 2.11. The van der Waals surface area contributed by atoms with Crippen LogP contribution < -0.4 is 9.47 Å². The molecular weight excluding hydrogens is 326 g/mol. The van der Waals surface area contributed by atoms with E-state index in [1.54, 1.807) is 20.5 Å². The maximum Gasteiger partial charge on any atom is 0.162 e. The Morgan fingerprint density at radius 1 is 0.885 bits per heavy atom. The summed E-state index contributed by atoms with van der Waals surface area (Å²) in [6, 6.07) is 16.1. The summed E-state index contributed by atoms with van der Waals surface area (Å²) in [5.41, 5.74) is 6.03. The van der Waals surface area contributed by atoms with Crippen molar-refractivity contribution in [3.05, 3.63) is 66.6 Å². The Labute approximate surface area is 151 Å². The van der Waals surface area contributed by atoms with E-state index in [1.165, 1.54) is 5.56 Å². The Morgan fingerprint density at radius 2 is 1.69 bits per heavy atom. The molecule has 0 amide bonds. The van der Waals surface area contributed by atoms with E-state index in [4.69, 9.17) is 9.47 Å². The smallest absolute Gasteiger partial charge is 0.162 e. The van der Waals surface area contributed by atoms with E-state index in [0.717, 1.165) is 28.0 Å². The highest BCUT2D eigenvalue weighted by Crippen LogP contribution is 2.31. The van der Waals surface area contributed by atoms with Gasteiger partial charge in [0.05, 0.1) is 37.3 Å². The van der Waals surface area contributed by atoms with Crippen LogP contribution in [0, 0.1) is 6.92 Å². The number of ether oxygens (including phenoxy) is 2. The number of methoxy groups -OCH3 is 2. The Morgan fingerprint density at radius 3 is 2.46 bits per heavy atom. The first-order valence-electron chi connectivity index (χ1n) is 8.33. The van der Waals surface area contributed by atoms with Crippen LogP contribution in [-0.4, -0.2) is 28.8 Å². The van der Waals surface area contributed by atoms with Crippen molar-refractivity contribution in [1.29, 1.82) is 0 Å². The molecule has 0 aliphatic heterocycles. The first-order valence-corrected chi connectivity index (χ1v) is 8.33. The van der Waals surface area contributed by atoms with E-state index in [9.17, 15) is 0 Å². The van der Waals surface area contributed by atoms with E-state index in [0.29, 0.717) is 11.5 Å². The Bertz CT molecular complexity index is 1090. The van der Waals surface area contributed by atoms with Gasteiger partial charge in [0.2, 0.25) is 0 Å². The molecule has 5 heteroatoms. The van der Waals surface area contributed by atoms with Crippen LogP contribution in [0.3, 0.4) is 0 Å². The minimum absolute atomic E-state index is 0.681. The molecule has 26 heavy (non-hydrogen) atoms. The van der Waals surface area contributed by atoms with Gasteiger partial charge in [0.25, 0.3) is 0 Å². The second kappa shape index (κ2) is 6.52. The number of fused-ring (bicyclic) bond motifs is 1. The van der Waals surface area contributed by atoms with Gasteiger partial charge in [-0.25, -0.2) is 4.98 Å². The monoisotopic (exact) mass is 345 g/mol. The van der Waals surface area contributed by atoms with Crippen LogP contribution in [0.15, 0.2) is 61.1 Å². The molecule has 0 saturated heterocycles. The van der Waals surface area contributed by atoms with Gasteiger partial charge in [-0.1, -0.05) is 24.3 Å². The van der Waals surface area contributed by atoms with Crippen molar-refractivity contribution in [2.24, 2.45) is 0 Å². The zero-order valence-electron chi connectivity index (χ0n) is 14.9. The standard InChI is InChI=1S/C21H19N3O2/c1-14-6-4-5-7-16(14)17-11-19-18(12-22-17)23-13-24(19)15-8-9-20(25-2)21(10-15)26-3/h4-13H,1-3H3. The molecule has 4 rings (SSSR count). The Kier molecular flexibility index (Phi) is 4.05. The lowest BCUT2D eigenvalue weighted by atomic mass is 10.1. The lowest BCUT2D eigenvalue weighted by molar-refractivity contribution is 0.355. The fraction of sp³-hybridized carbons (Fsp3) is 0.143. The molecule has 0 aliphatic rings. The van der Waals surface area contributed by atoms with Crippen LogP contribution in [0.4, 0.5) is 0 Å². The average molecular weight is 345 g/mol. The summed E-state index contributed by atoms with van der Waals surface area (Å²) in [5.74, 6) is 1.38. The number of benzene rings is 2. The molecule has 0 atom stereocenters. The number of rotatable bonds is 4. The predicted molar refractivity (Wildman–Crippen MR) is 102 cm³/mol. The molecule has 0 bridgehead atoms. The largest absolute Gasteiger partial charge is 0.493 e. The van der Waals surface area contributed by atoms with Crippen molar-refractivity contribution in [3.63, 3.8) is 0 Å². The third-order valence-corrected chi connectivity index (χ3v) is 4.50. The highest BCUT2D eigenvalue weighted by molar-refractivity contribution is 5.81. The van der Waals surface area contributed by atoms with Gasteiger partial charge in [0.15, 0.2) is 11.5 Å². The summed E-state index contributed by atoms with van der Waals surface area (Å²) in [7, 11) is 3.26. The van der Waals surface area contributed by atoms with Crippen molar-refractivity contribution < 1.29 is 9.47 Å². The van der Waals surface area contributed by atoms with E-state index < -0.39 is 0 Å². The number of pyridine rings is 1. The van der Waals surface area contributed by atoms with Crippen molar-refractivity contribution in [2.75, 3.05) is 14.2 Å². The molecule has 2 heterocycles. The molecule has 0 unspecified atom stereocenters. The fourth-order valence-electron chi connectivity index (χ4n) is 3.10. The fourth-order valence-corrected chi connectivity index (χ4v) is 3.10. The molecule has 0 aliphatic carbocycles. The quantitative estimate of drug-likeness (QED) is 0.550. The maximum atomic E-state index is 5.42. The maximum absolute atomic E-state index is 5.42. The van der Waals surface area contributed by atoms with Crippen molar-refractivity contribution >= 4 is 11.0 Å². The molecule has 0 spiro atoms. The van der Waals surface area contributed by atoms with E-state index in [2.05, 4.69) is 35.1 Å². The van der Waals surface area contributed by atoms with Gasteiger partial charge in [-0.3, -0.25) is 9.55 Å². The molecule has 0 saturated carbocycles. The molecule has 2 aromatic heterocycles. The normalized spacial score (nSPS) is 10.9. The molecule has 130 valence electrons. The van der Waals surface area contributed by atoms with Crippen LogP contribution in [0.2, 0.25) is 0 Å². The summed E-state index contributed by atoms with van der Waals surface area (Å²) in [6.07, 6.45) is 3.61. The number of hydrogen-bond acceptors (Lipinski definition) is 4. The highest BCUT2D eigenvalue weighted by atomic mass is 16.5. The van der Waals surface area contributed by atoms with Gasteiger partial charge in [0, 0.05) is 11.6 Å². The number of nitrogens with zero attached hydrogens (tertiary/aromatic N) is 3. The van der Waals surface area contributed by atoms with Crippen molar-refractivity contribution in [1.82, 2.24) is 14.5 Å². The second-order valence-electron chi connectivity index (χ2n) is 6.03. The zero-order valence-corrected chi connectivity index (χ0v) is 14.9. The lowest BCUT2D eigenvalue weighted by Gasteiger charge is -2.11. The molecule has 2 aromatic carbocycles. The summed E-state index contributed by atoms with van der Waals surface area (Å²) in [6.45, 7) is 2.09. The van der Waals surface area contributed by atoms with Gasteiger partial charge < -0.3 is 9.47 Å². The van der Waals surface area contributed by atoms with E-state index in [1.807, 2.05) is 41.1 Å². The van der Waals surface area contributed by atoms with Crippen LogP contribution in [0.25, 0.3) is 28.0 Å². The average Bonchev–Trinajstić information content (AvgIpc) is 3.11. The predicted octanol–water partition coefficient (Wildman–Crippen LogP) is 4.41. The first kappa shape index (κ1) is 16.1. The van der Waals surface area contributed by atoms with Crippen LogP contribution in [-0.2, 0) is 0 Å². The van der Waals surface area contributed by atoms with Crippen LogP contribution in [0.5, 0.6) is 11.5 Å². The summed E-state index contributed by atoms with van der Waals surface area (Å²) in [5, 5.41) is 0. The molecular formula is C21H19N3O2. The molecule has 5 nitrogen and oxygen atoms in total. The minimum Gasteiger partial charge on any atom is -0.493 e. The van der Waals surface area contributed by atoms with Crippen molar-refractivity contribution in [3.8, 4) is 28.4 Å². The van der Waals surface area contributed by atoms with Crippen LogP contribution in [0.1, 0.15) is 5.56 Å². The second-order valence-corrected chi connectivity index (χ2v) is 6.03. The summed E-state index contributed by atoms with van der Waals surface area (Å²) < 4.78 is 12.8. The number of imidazole rings is 1. The first-order chi connectivity index (χ1) is 12.7. The zero-order chi connectivity index (χ0) is 18.1. The third kappa shape index (κ3) is 2.67. The van der Waals surface area contributed by atoms with E-state index >= 15 is 0 Å². The summed E-state index contributed by atoms with van der Waals surface area (Å²) >= 11 is 0. The van der Waals surface area contributed by atoms with E-state index in [-0.39, 0.29) is 0 Å². The number of hydrogen-bond donors (Lipinski definition) is 0. The van der Waals surface area contributed by atoms with Gasteiger partial charge in [-0.05, 0) is 30.7 Å². The minimum atomic E-state index is 0.681. The third-order valence-electron chi connectivity index (χ3n) is 4.50. The van der Waals surface area contributed by atoms with Gasteiger partial charge in [-0.2, -0.15) is 0 Å². The molecule has 0 N–H and O–H groups in total. The Hall–Kier alpha value is -3.34. The van der Waals surface area contributed by atoms with Gasteiger partial charge in [0.1, 0.15) is 11.8 Å².